The summed E-state index contributed by atoms with van der Waals surface area (Å²) in [6.07, 6.45) is -0.849. The lowest BCUT2D eigenvalue weighted by Crippen LogP contribution is -2.42. The lowest BCUT2D eigenvalue weighted by atomic mass is 10.2. The van der Waals surface area contributed by atoms with E-state index < -0.39 is 22.7 Å². The van der Waals surface area contributed by atoms with Crippen molar-refractivity contribution in [3.05, 3.63) is 0 Å². The van der Waals surface area contributed by atoms with Gasteiger partial charge < -0.3 is 32.5 Å². The molecule has 2 N–H and O–H groups in total. The van der Waals surface area contributed by atoms with Crippen LogP contribution in [0.25, 0.3) is 0 Å². The van der Waals surface area contributed by atoms with Gasteiger partial charge in [-0.15, -0.1) is 0 Å². The van der Waals surface area contributed by atoms with E-state index in [0.717, 1.165) is 0 Å². The SMILES string of the molecule is CC(C)(C)[Si](C)(C)OCCOCC(COCCO[Si](C)(C)C(C)(C)C)OCCOCCOC(COO)COO. The first kappa shape index (κ1) is 39.0. The first-order valence-corrected chi connectivity index (χ1v) is 19.7. The summed E-state index contributed by atoms with van der Waals surface area (Å²) in [5.74, 6) is 0. The van der Waals surface area contributed by atoms with Crippen molar-refractivity contribution in [1.82, 2.24) is 0 Å². The second-order valence-corrected chi connectivity index (χ2v) is 22.2. The topological polar surface area (TPSA) is 124 Å². The second-order valence-electron chi connectivity index (χ2n) is 12.6. The van der Waals surface area contributed by atoms with Crippen LogP contribution in [0.5, 0.6) is 0 Å². The molecule has 0 unspecified atom stereocenters. The Morgan fingerprint density at radius 3 is 1.15 bits per heavy atom. The summed E-state index contributed by atoms with van der Waals surface area (Å²) in [6, 6.07) is 0. The predicted octanol–water partition coefficient (Wildman–Crippen LogP) is 4.83. The molecular weight excluding hydrogens is 544 g/mol. The summed E-state index contributed by atoms with van der Waals surface area (Å²) >= 11 is 0. The van der Waals surface area contributed by atoms with E-state index in [1.54, 1.807) is 0 Å². The van der Waals surface area contributed by atoms with E-state index in [1.165, 1.54) is 0 Å². The van der Waals surface area contributed by atoms with E-state index in [9.17, 15) is 0 Å². The molecule has 0 bridgehead atoms. The molecule has 0 aromatic carbocycles. The Morgan fingerprint density at radius 2 is 0.821 bits per heavy atom. The standard InChI is InChI=1S/C26H58O11Si2/c1-25(2,3)38(7,8)36-17-13-30-19-23(20-31-14-18-37-39(9,10)26(4,5)6)32-15-11-29-12-16-33-24(21-34-27)22-35-28/h23-24,27-28H,11-22H2,1-10H3. The normalized spacial score (nSPS) is 13.7. The Hall–Kier alpha value is -0.00623. The van der Waals surface area contributed by atoms with Crippen LogP contribution in [0.15, 0.2) is 0 Å². The van der Waals surface area contributed by atoms with Gasteiger partial charge in [-0.1, -0.05) is 41.5 Å². The molecule has 0 aromatic rings. The second kappa shape index (κ2) is 20.0. The number of rotatable bonds is 24. The average Bonchev–Trinajstić information content (AvgIpc) is 2.81. The highest BCUT2D eigenvalue weighted by Crippen LogP contribution is 2.37. The maximum absolute atomic E-state index is 8.51. The lowest BCUT2D eigenvalue weighted by Gasteiger charge is -2.36. The van der Waals surface area contributed by atoms with Crippen molar-refractivity contribution in [2.75, 3.05) is 79.3 Å². The minimum Gasteiger partial charge on any atom is -0.414 e. The summed E-state index contributed by atoms with van der Waals surface area (Å²) in [4.78, 5) is 8.05. The number of ether oxygens (including phenoxy) is 5. The fourth-order valence-corrected chi connectivity index (χ4v) is 4.73. The largest absolute Gasteiger partial charge is 0.414 e. The molecule has 39 heavy (non-hydrogen) atoms. The first-order chi connectivity index (χ1) is 18.1. The van der Waals surface area contributed by atoms with Gasteiger partial charge in [-0.05, 0) is 36.3 Å². The fraction of sp³-hybridized carbons (Fsp3) is 1.00. The molecule has 0 aliphatic carbocycles. The highest BCUT2D eigenvalue weighted by atomic mass is 28.4. The van der Waals surface area contributed by atoms with Crippen molar-refractivity contribution >= 4 is 16.6 Å². The van der Waals surface area contributed by atoms with Crippen LogP contribution in [0.3, 0.4) is 0 Å². The minimum atomic E-state index is -1.81. The molecule has 0 spiro atoms. The van der Waals surface area contributed by atoms with Crippen molar-refractivity contribution in [3.63, 3.8) is 0 Å². The third kappa shape index (κ3) is 18.2. The molecule has 0 saturated carbocycles. The molecule has 0 saturated heterocycles. The molecule has 236 valence electrons. The van der Waals surface area contributed by atoms with Gasteiger partial charge in [-0.25, -0.2) is 9.78 Å². The molecule has 0 aliphatic rings. The zero-order valence-electron chi connectivity index (χ0n) is 26.2. The van der Waals surface area contributed by atoms with E-state index in [2.05, 4.69) is 77.5 Å². The Kier molecular flexibility index (Phi) is 20.0. The summed E-state index contributed by atoms with van der Waals surface area (Å²) in [5.41, 5.74) is 0. The van der Waals surface area contributed by atoms with Crippen LogP contribution in [-0.4, -0.2) is 119 Å². The molecule has 0 rings (SSSR count). The summed E-state index contributed by atoms with van der Waals surface area (Å²) in [6.45, 7) is 26.1. The van der Waals surface area contributed by atoms with Crippen LogP contribution < -0.4 is 0 Å². The van der Waals surface area contributed by atoms with Crippen molar-refractivity contribution < 1.29 is 52.8 Å². The predicted molar refractivity (Wildman–Crippen MR) is 155 cm³/mol. The maximum Gasteiger partial charge on any atom is 0.192 e. The highest BCUT2D eigenvalue weighted by molar-refractivity contribution is 6.74. The lowest BCUT2D eigenvalue weighted by molar-refractivity contribution is -0.295. The first-order valence-electron chi connectivity index (χ1n) is 13.8. The van der Waals surface area contributed by atoms with Gasteiger partial charge in [0.1, 0.15) is 25.4 Å². The van der Waals surface area contributed by atoms with E-state index in [-0.39, 0.29) is 36.0 Å². The summed E-state index contributed by atoms with van der Waals surface area (Å²) < 4.78 is 41.0. The van der Waals surface area contributed by atoms with Crippen molar-refractivity contribution in [2.45, 2.75) is 90.0 Å². The summed E-state index contributed by atoms with van der Waals surface area (Å²) in [5, 5.41) is 17.3. The van der Waals surface area contributed by atoms with Crippen LogP contribution in [0.1, 0.15) is 41.5 Å². The van der Waals surface area contributed by atoms with Gasteiger partial charge in [-0.2, -0.15) is 0 Å². The van der Waals surface area contributed by atoms with E-state index in [1.807, 2.05) is 0 Å². The monoisotopic (exact) mass is 602 g/mol. The molecule has 0 aromatic heterocycles. The van der Waals surface area contributed by atoms with E-state index in [4.69, 9.17) is 43.1 Å². The van der Waals surface area contributed by atoms with Gasteiger partial charge in [0.15, 0.2) is 16.6 Å². The van der Waals surface area contributed by atoms with Gasteiger partial charge in [0.05, 0.1) is 66.1 Å². The van der Waals surface area contributed by atoms with Gasteiger partial charge in [0.2, 0.25) is 0 Å². The van der Waals surface area contributed by atoms with Crippen molar-refractivity contribution in [2.24, 2.45) is 0 Å². The van der Waals surface area contributed by atoms with Crippen LogP contribution in [0.2, 0.25) is 36.3 Å². The van der Waals surface area contributed by atoms with Crippen LogP contribution in [-0.2, 0) is 42.3 Å². The third-order valence-corrected chi connectivity index (χ3v) is 16.4. The highest BCUT2D eigenvalue weighted by Gasteiger charge is 2.37. The minimum absolute atomic E-state index is 0.118. The van der Waals surface area contributed by atoms with E-state index >= 15 is 0 Å². The smallest absolute Gasteiger partial charge is 0.192 e. The Labute approximate surface area is 238 Å². The zero-order valence-corrected chi connectivity index (χ0v) is 28.2. The maximum atomic E-state index is 8.51. The Balaban J connectivity index is 4.45. The average molecular weight is 603 g/mol. The van der Waals surface area contributed by atoms with Crippen LogP contribution in [0, 0.1) is 0 Å². The van der Waals surface area contributed by atoms with Crippen molar-refractivity contribution in [3.8, 4) is 0 Å². The Morgan fingerprint density at radius 1 is 0.487 bits per heavy atom. The Bertz CT molecular complexity index is 553. The molecule has 0 aliphatic heterocycles. The van der Waals surface area contributed by atoms with Gasteiger partial charge in [-0.3, -0.25) is 10.5 Å². The number of hydrogen-bond donors (Lipinski definition) is 2. The zero-order chi connectivity index (χ0) is 30.0. The molecule has 0 amide bonds. The molecule has 13 heteroatoms. The van der Waals surface area contributed by atoms with Crippen LogP contribution >= 0.6 is 0 Å². The molecule has 11 nitrogen and oxygen atoms in total. The molecule has 0 heterocycles. The quantitative estimate of drug-likeness (QED) is 0.0683. The van der Waals surface area contributed by atoms with E-state index in [0.29, 0.717) is 59.5 Å². The fourth-order valence-electron chi connectivity index (χ4n) is 2.68. The van der Waals surface area contributed by atoms with Crippen molar-refractivity contribution in [1.29, 1.82) is 0 Å². The molecule has 0 fully saturated rings. The van der Waals surface area contributed by atoms with Gasteiger partial charge in [0, 0.05) is 0 Å². The molecule has 0 atom stereocenters. The third-order valence-electron chi connectivity index (χ3n) is 7.28. The van der Waals surface area contributed by atoms with Gasteiger partial charge in [0.25, 0.3) is 0 Å². The molecule has 0 radical (unpaired) electrons. The summed E-state index contributed by atoms with van der Waals surface area (Å²) in [7, 11) is -3.61. The molecular formula is C26H58O11Si2. The number of hydrogen-bond acceptors (Lipinski definition) is 11. The van der Waals surface area contributed by atoms with Crippen LogP contribution in [0.4, 0.5) is 0 Å². The van der Waals surface area contributed by atoms with Gasteiger partial charge >= 0.3 is 0 Å².